The molecule has 1 saturated heterocycles. The second kappa shape index (κ2) is 4.84. The minimum absolute atomic E-state index is 0.0142. The Balaban J connectivity index is 2.20. The summed E-state index contributed by atoms with van der Waals surface area (Å²) in [4.78, 5) is 22.7. The smallest absolute Gasteiger partial charge is 0.312 e. The van der Waals surface area contributed by atoms with E-state index in [1.54, 1.807) is 4.90 Å². The first kappa shape index (κ1) is 10.0. The van der Waals surface area contributed by atoms with Crippen LogP contribution in [-0.4, -0.2) is 36.3 Å². The molecule has 1 heterocycles. The highest BCUT2D eigenvalue weighted by atomic mass is 16.1. The largest absolute Gasteiger partial charge is 0.356 e. The van der Waals surface area contributed by atoms with Crippen LogP contribution in [0.5, 0.6) is 0 Å². The van der Waals surface area contributed by atoms with Crippen molar-refractivity contribution in [2.75, 3.05) is 13.1 Å². The molecule has 2 amide bonds. The lowest BCUT2D eigenvalue weighted by Gasteiger charge is -2.18. The molecule has 4 nitrogen and oxygen atoms in total. The lowest BCUT2D eigenvalue weighted by atomic mass is 10.1. The lowest BCUT2D eigenvalue weighted by molar-refractivity contribution is -0.118. The Hall–Kier alpha value is -1.06. The van der Waals surface area contributed by atoms with Crippen molar-refractivity contribution in [1.82, 2.24) is 10.2 Å². The van der Waals surface area contributed by atoms with Gasteiger partial charge < -0.3 is 10.2 Å². The van der Waals surface area contributed by atoms with Crippen molar-refractivity contribution in [3.63, 3.8) is 0 Å². The highest BCUT2D eigenvalue weighted by Crippen LogP contribution is 2.17. The van der Waals surface area contributed by atoms with Crippen LogP contribution in [0.1, 0.15) is 26.2 Å². The molecule has 0 aromatic heterocycles. The van der Waals surface area contributed by atoms with Gasteiger partial charge in [0.05, 0.1) is 0 Å². The molecule has 0 spiro atoms. The highest BCUT2D eigenvalue weighted by Gasteiger charge is 2.22. The Morgan fingerprint density at radius 1 is 1.69 bits per heavy atom. The number of hydrogen-bond donors (Lipinski definition) is 1. The van der Waals surface area contributed by atoms with Crippen molar-refractivity contribution in [2.24, 2.45) is 0 Å². The lowest BCUT2D eigenvalue weighted by Crippen LogP contribution is -2.32. The van der Waals surface area contributed by atoms with Crippen molar-refractivity contribution >= 4 is 12.3 Å². The van der Waals surface area contributed by atoms with Crippen molar-refractivity contribution < 1.29 is 9.59 Å². The molecule has 0 saturated carbocycles. The predicted octanol–water partition coefficient (Wildman–Crippen LogP) is 0.0442. The third kappa shape index (κ3) is 3.05. The number of nitrogens with one attached hydrogen (secondary N) is 1. The normalized spacial score (nSPS) is 21.6. The van der Waals surface area contributed by atoms with Crippen LogP contribution in [0.2, 0.25) is 0 Å². The SMILES string of the molecule is CC(=O)NCCC1CCCN1[C]=O. The van der Waals surface area contributed by atoms with E-state index >= 15 is 0 Å². The van der Waals surface area contributed by atoms with Crippen LogP contribution in [0, 0.1) is 0 Å². The molecule has 1 N–H and O–H groups in total. The van der Waals surface area contributed by atoms with Crippen LogP contribution in [0.4, 0.5) is 0 Å². The molecule has 1 radical (unpaired) electrons. The van der Waals surface area contributed by atoms with Crippen molar-refractivity contribution in [1.29, 1.82) is 0 Å². The summed E-state index contributed by atoms with van der Waals surface area (Å²) in [6, 6.07) is 0.282. The van der Waals surface area contributed by atoms with E-state index in [2.05, 4.69) is 5.32 Å². The summed E-state index contributed by atoms with van der Waals surface area (Å²) >= 11 is 0. The number of nitrogens with zero attached hydrogens (tertiary/aromatic N) is 1. The van der Waals surface area contributed by atoms with E-state index in [0.717, 1.165) is 25.8 Å². The maximum Gasteiger partial charge on any atom is 0.312 e. The molecule has 0 aliphatic carbocycles. The summed E-state index contributed by atoms with van der Waals surface area (Å²) in [5, 5.41) is 2.72. The first-order valence-corrected chi connectivity index (χ1v) is 4.63. The molecule has 0 aromatic carbocycles. The first-order valence-electron chi connectivity index (χ1n) is 4.63. The molecule has 1 unspecified atom stereocenters. The average Bonchev–Trinajstić information content (AvgIpc) is 2.51. The number of carbonyl (C=O) groups excluding carboxylic acids is 2. The van der Waals surface area contributed by atoms with Gasteiger partial charge in [-0.15, -0.1) is 0 Å². The Bertz CT molecular complexity index is 194. The second-order valence-corrected chi connectivity index (χ2v) is 3.35. The van der Waals surface area contributed by atoms with Gasteiger partial charge in [-0.25, -0.2) is 0 Å². The topological polar surface area (TPSA) is 49.4 Å². The molecule has 1 atom stereocenters. The average molecular weight is 183 g/mol. The first-order chi connectivity index (χ1) is 6.24. The molecular formula is C9H15N2O2. The zero-order valence-corrected chi connectivity index (χ0v) is 7.88. The molecule has 1 rings (SSSR count). The van der Waals surface area contributed by atoms with E-state index < -0.39 is 0 Å². The fourth-order valence-corrected chi connectivity index (χ4v) is 1.67. The minimum atomic E-state index is -0.0142. The van der Waals surface area contributed by atoms with Crippen LogP contribution in [0.3, 0.4) is 0 Å². The molecule has 13 heavy (non-hydrogen) atoms. The third-order valence-corrected chi connectivity index (χ3v) is 2.35. The molecule has 0 bridgehead atoms. The fraction of sp³-hybridized carbons (Fsp3) is 0.778. The molecule has 1 aliphatic rings. The van der Waals surface area contributed by atoms with Crippen molar-refractivity contribution in [3.05, 3.63) is 0 Å². The van der Waals surface area contributed by atoms with Gasteiger partial charge in [0.25, 0.3) is 0 Å². The number of hydrogen-bond acceptors (Lipinski definition) is 2. The number of rotatable bonds is 4. The maximum absolute atomic E-state index is 10.6. The Morgan fingerprint density at radius 3 is 3.08 bits per heavy atom. The van der Waals surface area contributed by atoms with Crippen molar-refractivity contribution in [3.8, 4) is 0 Å². The Labute approximate surface area is 78.3 Å². The number of amides is 2. The Morgan fingerprint density at radius 2 is 2.46 bits per heavy atom. The monoisotopic (exact) mass is 183 g/mol. The van der Waals surface area contributed by atoms with Crippen LogP contribution >= 0.6 is 0 Å². The summed E-state index contributed by atoms with van der Waals surface area (Å²) in [5.74, 6) is -0.0142. The molecule has 1 fully saturated rings. The zero-order chi connectivity index (χ0) is 9.68. The maximum atomic E-state index is 10.6. The van der Waals surface area contributed by atoms with Gasteiger partial charge >= 0.3 is 6.41 Å². The van der Waals surface area contributed by atoms with E-state index in [4.69, 9.17) is 0 Å². The molecule has 4 heteroatoms. The zero-order valence-electron chi connectivity index (χ0n) is 7.88. The summed E-state index contributed by atoms with van der Waals surface area (Å²) in [6.07, 6.45) is 4.86. The van der Waals surface area contributed by atoms with Gasteiger partial charge in [-0.05, 0) is 19.3 Å². The quantitative estimate of drug-likeness (QED) is 0.669. The van der Waals surface area contributed by atoms with Gasteiger partial charge in [-0.1, -0.05) is 0 Å². The van der Waals surface area contributed by atoms with Crippen LogP contribution in [0.15, 0.2) is 0 Å². The van der Waals surface area contributed by atoms with E-state index in [-0.39, 0.29) is 11.9 Å². The number of likely N-dealkylation sites (tertiary alicyclic amines) is 1. The predicted molar refractivity (Wildman–Crippen MR) is 48.7 cm³/mol. The number of carbonyl (C=O) groups is 1. The summed E-state index contributed by atoms with van der Waals surface area (Å²) < 4.78 is 0. The summed E-state index contributed by atoms with van der Waals surface area (Å²) in [5.41, 5.74) is 0. The highest BCUT2D eigenvalue weighted by molar-refractivity contribution is 5.72. The van der Waals surface area contributed by atoms with Crippen LogP contribution in [-0.2, 0) is 9.59 Å². The molecule has 73 valence electrons. The van der Waals surface area contributed by atoms with Crippen LogP contribution < -0.4 is 5.32 Å². The molecule has 0 aromatic rings. The standard InChI is InChI=1S/C9H15N2O2/c1-8(13)10-5-4-9-3-2-6-11(9)7-12/h9H,2-6H2,1H3,(H,10,13). The van der Waals surface area contributed by atoms with Gasteiger partial charge in [0.1, 0.15) is 0 Å². The van der Waals surface area contributed by atoms with E-state index in [9.17, 15) is 9.59 Å². The fourth-order valence-electron chi connectivity index (χ4n) is 1.67. The van der Waals surface area contributed by atoms with Crippen LogP contribution in [0.25, 0.3) is 0 Å². The van der Waals surface area contributed by atoms with Gasteiger partial charge in [0, 0.05) is 26.1 Å². The van der Waals surface area contributed by atoms with Gasteiger partial charge in [-0.3, -0.25) is 9.59 Å². The minimum Gasteiger partial charge on any atom is -0.356 e. The summed E-state index contributed by atoms with van der Waals surface area (Å²) in [6.45, 7) is 2.96. The van der Waals surface area contributed by atoms with Gasteiger partial charge in [0.2, 0.25) is 5.91 Å². The van der Waals surface area contributed by atoms with E-state index in [0.29, 0.717) is 6.54 Å². The third-order valence-electron chi connectivity index (χ3n) is 2.35. The molecule has 1 aliphatic heterocycles. The summed E-state index contributed by atoms with van der Waals surface area (Å²) in [7, 11) is 0. The Kier molecular flexibility index (Phi) is 3.73. The van der Waals surface area contributed by atoms with Gasteiger partial charge in [0.15, 0.2) is 0 Å². The molecular weight excluding hydrogens is 168 g/mol. The van der Waals surface area contributed by atoms with Gasteiger partial charge in [-0.2, -0.15) is 0 Å². The van der Waals surface area contributed by atoms with E-state index in [1.807, 2.05) is 6.41 Å². The van der Waals surface area contributed by atoms with E-state index in [1.165, 1.54) is 6.92 Å². The van der Waals surface area contributed by atoms with Crippen molar-refractivity contribution in [2.45, 2.75) is 32.2 Å². The second-order valence-electron chi connectivity index (χ2n) is 3.35.